The van der Waals surface area contributed by atoms with Crippen molar-refractivity contribution in [1.82, 2.24) is 0 Å². The van der Waals surface area contributed by atoms with E-state index < -0.39 is 0 Å². The smallest absolute Gasteiger partial charge is 0.0682 e. The van der Waals surface area contributed by atoms with Crippen LogP contribution >= 0.6 is 0 Å². The number of benzene rings is 1. The van der Waals surface area contributed by atoms with Crippen molar-refractivity contribution in [2.24, 2.45) is 5.92 Å². The molecule has 0 aromatic heterocycles. The SMILES string of the molecule is CC(CCC1CC1)Nc1cccc(CO)c1. The number of hydrogen-bond donors (Lipinski definition) is 2. The van der Waals surface area contributed by atoms with Crippen LogP contribution in [-0.4, -0.2) is 11.1 Å². The summed E-state index contributed by atoms with van der Waals surface area (Å²) in [5, 5.41) is 12.5. The van der Waals surface area contributed by atoms with Gasteiger partial charge in [0.1, 0.15) is 0 Å². The van der Waals surface area contributed by atoms with Gasteiger partial charge in [0, 0.05) is 11.7 Å². The summed E-state index contributed by atoms with van der Waals surface area (Å²) in [6.45, 7) is 2.35. The highest BCUT2D eigenvalue weighted by molar-refractivity contribution is 5.46. The first-order valence-electron chi connectivity index (χ1n) is 6.24. The summed E-state index contributed by atoms with van der Waals surface area (Å²) in [5.74, 6) is 1.01. The molecule has 1 aliphatic carbocycles. The van der Waals surface area contributed by atoms with Crippen molar-refractivity contribution < 1.29 is 5.11 Å². The molecule has 0 heterocycles. The molecule has 0 bridgehead atoms. The van der Waals surface area contributed by atoms with E-state index in [2.05, 4.69) is 18.3 Å². The molecule has 1 fully saturated rings. The van der Waals surface area contributed by atoms with Gasteiger partial charge in [0.05, 0.1) is 6.61 Å². The van der Waals surface area contributed by atoms with Gasteiger partial charge in [0.2, 0.25) is 0 Å². The molecule has 1 saturated carbocycles. The highest BCUT2D eigenvalue weighted by Gasteiger charge is 2.21. The number of nitrogens with one attached hydrogen (secondary N) is 1. The molecule has 0 radical (unpaired) electrons. The maximum atomic E-state index is 9.05. The predicted octanol–water partition coefficient (Wildman–Crippen LogP) is 3.17. The Bertz CT molecular complexity index is 333. The van der Waals surface area contributed by atoms with E-state index in [1.807, 2.05) is 18.2 Å². The van der Waals surface area contributed by atoms with Crippen LogP contribution in [0.3, 0.4) is 0 Å². The van der Waals surface area contributed by atoms with Crippen LogP contribution < -0.4 is 5.32 Å². The molecule has 0 aliphatic heterocycles. The lowest BCUT2D eigenvalue weighted by Crippen LogP contribution is -2.15. The zero-order valence-corrected chi connectivity index (χ0v) is 9.95. The van der Waals surface area contributed by atoms with Crippen molar-refractivity contribution in [2.75, 3.05) is 5.32 Å². The maximum Gasteiger partial charge on any atom is 0.0682 e. The molecule has 0 saturated heterocycles. The summed E-state index contributed by atoms with van der Waals surface area (Å²) in [6, 6.07) is 8.54. The van der Waals surface area contributed by atoms with Crippen LogP contribution in [0.5, 0.6) is 0 Å². The van der Waals surface area contributed by atoms with Gasteiger partial charge in [0.15, 0.2) is 0 Å². The molecule has 1 aliphatic rings. The zero-order valence-electron chi connectivity index (χ0n) is 9.95. The Morgan fingerprint density at radius 1 is 1.44 bits per heavy atom. The molecule has 1 aromatic carbocycles. The fourth-order valence-electron chi connectivity index (χ4n) is 2.01. The molecule has 2 N–H and O–H groups in total. The van der Waals surface area contributed by atoms with Crippen molar-refractivity contribution in [3.05, 3.63) is 29.8 Å². The molecule has 1 aromatic rings. The molecule has 2 heteroatoms. The summed E-state index contributed by atoms with van der Waals surface area (Å²) in [4.78, 5) is 0. The minimum absolute atomic E-state index is 0.117. The fraction of sp³-hybridized carbons (Fsp3) is 0.571. The second-order valence-corrected chi connectivity index (χ2v) is 4.92. The third-order valence-electron chi connectivity index (χ3n) is 3.23. The summed E-state index contributed by atoms with van der Waals surface area (Å²) in [6.07, 6.45) is 5.47. The van der Waals surface area contributed by atoms with E-state index >= 15 is 0 Å². The highest BCUT2D eigenvalue weighted by Crippen LogP contribution is 2.34. The van der Waals surface area contributed by atoms with Crippen molar-refractivity contribution in [3.8, 4) is 0 Å². The summed E-state index contributed by atoms with van der Waals surface area (Å²) in [7, 11) is 0. The average Bonchev–Trinajstić information content (AvgIpc) is 3.10. The van der Waals surface area contributed by atoms with Crippen LogP contribution in [0.1, 0.15) is 38.2 Å². The Balaban J connectivity index is 1.81. The van der Waals surface area contributed by atoms with E-state index in [0.717, 1.165) is 17.2 Å². The molecule has 16 heavy (non-hydrogen) atoms. The number of anilines is 1. The minimum Gasteiger partial charge on any atom is -0.392 e. The topological polar surface area (TPSA) is 32.3 Å². The quantitative estimate of drug-likeness (QED) is 0.770. The van der Waals surface area contributed by atoms with Gasteiger partial charge in [-0.1, -0.05) is 25.0 Å². The predicted molar refractivity (Wildman–Crippen MR) is 67.4 cm³/mol. The third-order valence-corrected chi connectivity index (χ3v) is 3.23. The van der Waals surface area contributed by atoms with Crippen LogP contribution in [0.25, 0.3) is 0 Å². The fourth-order valence-corrected chi connectivity index (χ4v) is 2.01. The molecule has 1 atom stereocenters. The largest absolute Gasteiger partial charge is 0.392 e. The highest BCUT2D eigenvalue weighted by atomic mass is 16.3. The van der Waals surface area contributed by atoms with Gasteiger partial charge in [-0.3, -0.25) is 0 Å². The number of hydrogen-bond acceptors (Lipinski definition) is 2. The minimum atomic E-state index is 0.117. The van der Waals surface area contributed by atoms with Crippen LogP contribution in [0, 0.1) is 5.92 Å². The van der Waals surface area contributed by atoms with Gasteiger partial charge < -0.3 is 10.4 Å². The lowest BCUT2D eigenvalue weighted by molar-refractivity contribution is 0.282. The Morgan fingerprint density at radius 2 is 2.25 bits per heavy atom. The number of rotatable bonds is 6. The van der Waals surface area contributed by atoms with Gasteiger partial charge in [0.25, 0.3) is 0 Å². The first-order chi connectivity index (χ1) is 7.78. The maximum absolute atomic E-state index is 9.05. The standard InChI is InChI=1S/C14H21NO/c1-11(5-6-12-7-8-12)15-14-4-2-3-13(9-14)10-16/h2-4,9,11-12,15-16H,5-8,10H2,1H3. The summed E-state index contributed by atoms with van der Waals surface area (Å²) in [5.41, 5.74) is 2.09. The monoisotopic (exact) mass is 219 g/mol. The van der Waals surface area contributed by atoms with Crippen molar-refractivity contribution in [1.29, 1.82) is 0 Å². The normalized spacial score (nSPS) is 17.1. The lowest BCUT2D eigenvalue weighted by atomic mass is 10.1. The van der Waals surface area contributed by atoms with Crippen LogP contribution in [0.4, 0.5) is 5.69 Å². The van der Waals surface area contributed by atoms with Gasteiger partial charge in [-0.2, -0.15) is 0 Å². The van der Waals surface area contributed by atoms with Crippen molar-refractivity contribution in [3.63, 3.8) is 0 Å². The Hall–Kier alpha value is -1.02. The van der Waals surface area contributed by atoms with Crippen LogP contribution in [-0.2, 0) is 6.61 Å². The van der Waals surface area contributed by atoms with Gasteiger partial charge >= 0.3 is 0 Å². The Kier molecular flexibility index (Phi) is 3.83. The van der Waals surface area contributed by atoms with E-state index in [1.54, 1.807) is 0 Å². The zero-order chi connectivity index (χ0) is 11.4. The molecule has 1 unspecified atom stereocenters. The molecule has 2 nitrogen and oxygen atoms in total. The second kappa shape index (κ2) is 5.35. The van der Waals surface area contributed by atoms with Crippen molar-refractivity contribution in [2.45, 2.75) is 45.3 Å². The van der Waals surface area contributed by atoms with E-state index in [1.165, 1.54) is 25.7 Å². The number of aliphatic hydroxyl groups is 1. The molecule has 0 amide bonds. The first-order valence-corrected chi connectivity index (χ1v) is 6.24. The van der Waals surface area contributed by atoms with E-state index in [0.29, 0.717) is 6.04 Å². The molecule has 88 valence electrons. The van der Waals surface area contributed by atoms with Gasteiger partial charge in [-0.05, 0) is 43.4 Å². The Morgan fingerprint density at radius 3 is 2.94 bits per heavy atom. The summed E-state index contributed by atoms with van der Waals surface area (Å²) < 4.78 is 0. The van der Waals surface area contributed by atoms with Crippen LogP contribution in [0.15, 0.2) is 24.3 Å². The molecule has 0 spiro atoms. The van der Waals surface area contributed by atoms with E-state index in [9.17, 15) is 0 Å². The second-order valence-electron chi connectivity index (χ2n) is 4.92. The van der Waals surface area contributed by atoms with Crippen molar-refractivity contribution >= 4 is 5.69 Å². The van der Waals surface area contributed by atoms with E-state index in [-0.39, 0.29) is 6.61 Å². The summed E-state index contributed by atoms with van der Waals surface area (Å²) >= 11 is 0. The molecular formula is C14H21NO. The van der Waals surface area contributed by atoms with Gasteiger partial charge in [-0.25, -0.2) is 0 Å². The number of aliphatic hydroxyl groups excluding tert-OH is 1. The molecule has 2 rings (SSSR count). The Labute approximate surface area is 97.7 Å². The lowest BCUT2D eigenvalue weighted by Gasteiger charge is -2.15. The first kappa shape index (κ1) is 11.5. The van der Waals surface area contributed by atoms with E-state index in [4.69, 9.17) is 5.11 Å². The average molecular weight is 219 g/mol. The van der Waals surface area contributed by atoms with Gasteiger partial charge in [-0.15, -0.1) is 0 Å². The van der Waals surface area contributed by atoms with Crippen LogP contribution in [0.2, 0.25) is 0 Å². The molecular weight excluding hydrogens is 198 g/mol. The third kappa shape index (κ3) is 3.53.